The van der Waals surface area contributed by atoms with Gasteiger partial charge in [0.25, 0.3) is 0 Å². The fourth-order valence-electron chi connectivity index (χ4n) is 3.55. The summed E-state index contributed by atoms with van der Waals surface area (Å²) in [5.41, 5.74) is 0.971. The Hall–Kier alpha value is -2.75. The molecule has 1 aromatic carbocycles. The molecule has 174 valence electrons. The van der Waals surface area contributed by atoms with Crippen LogP contribution in [0.2, 0.25) is 0 Å². The second kappa shape index (κ2) is 10.2. The first-order chi connectivity index (χ1) is 15.2. The van der Waals surface area contributed by atoms with Crippen LogP contribution in [0.4, 0.5) is 10.1 Å². The third-order valence-electron chi connectivity index (χ3n) is 5.70. The summed E-state index contributed by atoms with van der Waals surface area (Å²) in [5, 5.41) is 30.8. The molecule has 8 nitrogen and oxygen atoms in total. The molecule has 32 heavy (non-hydrogen) atoms. The van der Waals surface area contributed by atoms with Crippen molar-refractivity contribution in [3.63, 3.8) is 0 Å². The Labute approximate surface area is 185 Å². The number of hydrogen-bond donors (Lipinski definition) is 3. The van der Waals surface area contributed by atoms with Crippen molar-refractivity contribution in [2.24, 2.45) is 5.92 Å². The molecule has 0 bridgehead atoms. The van der Waals surface area contributed by atoms with Gasteiger partial charge in [-0.15, -0.1) is 0 Å². The van der Waals surface area contributed by atoms with E-state index in [-0.39, 0.29) is 17.7 Å². The van der Waals surface area contributed by atoms with Gasteiger partial charge in [0.2, 0.25) is 5.78 Å². The van der Waals surface area contributed by atoms with Crippen molar-refractivity contribution >= 4 is 23.5 Å². The third-order valence-corrected chi connectivity index (χ3v) is 5.70. The van der Waals surface area contributed by atoms with E-state index in [0.717, 1.165) is 6.08 Å². The van der Waals surface area contributed by atoms with Crippen LogP contribution in [-0.4, -0.2) is 71.7 Å². The maximum atomic E-state index is 14.2. The quantitative estimate of drug-likeness (QED) is 0.558. The van der Waals surface area contributed by atoms with Crippen molar-refractivity contribution in [3.05, 3.63) is 41.2 Å². The number of ether oxygens (including phenoxy) is 2. The first-order valence-corrected chi connectivity index (χ1v) is 10.5. The zero-order chi connectivity index (χ0) is 23.4. The summed E-state index contributed by atoms with van der Waals surface area (Å²) in [6.45, 7) is 5.38. The van der Waals surface area contributed by atoms with Crippen LogP contribution in [0.15, 0.2) is 30.1 Å². The van der Waals surface area contributed by atoms with Crippen molar-refractivity contribution in [2.45, 2.75) is 38.6 Å². The molecule has 3 unspecified atom stereocenters. The van der Waals surface area contributed by atoms with Crippen LogP contribution in [0.3, 0.4) is 0 Å². The molecule has 0 radical (unpaired) electrons. The molecule has 4 atom stereocenters. The molecule has 2 heterocycles. The summed E-state index contributed by atoms with van der Waals surface area (Å²) in [6, 6.07) is 3.19. The van der Waals surface area contributed by atoms with Crippen LogP contribution >= 0.6 is 0 Å². The van der Waals surface area contributed by atoms with Gasteiger partial charge in [-0.2, -0.15) is 0 Å². The van der Waals surface area contributed by atoms with Crippen molar-refractivity contribution in [1.82, 2.24) is 0 Å². The number of phenolic OH excluding ortho intramolecular Hbond substituents is 1. The minimum atomic E-state index is -1.93. The van der Waals surface area contributed by atoms with E-state index in [1.54, 1.807) is 13.0 Å². The first kappa shape index (κ1) is 23.9. The first-order valence-electron chi connectivity index (χ1n) is 10.5. The normalized spacial score (nSPS) is 30.5. The summed E-state index contributed by atoms with van der Waals surface area (Å²) in [6.07, 6.45) is -0.608. The smallest absolute Gasteiger partial charge is 0.342 e. The summed E-state index contributed by atoms with van der Waals surface area (Å²) < 4.78 is 25.0. The molecular formula is C23H28FNO7. The predicted molar refractivity (Wildman–Crippen MR) is 115 cm³/mol. The van der Waals surface area contributed by atoms with Gasteiger partial charge < -0.3 is 29.7 Å². The fraction of sp³-hybridized carbons (Fsp3) is 0.478. The van der Waals surface area contributed by atoms with Gasteiger partial charge in [-0.1, -0.05) is 19.1 Å². The number of benzene rings is 1. The number of aromatic hydroxyl groups is 1. The summed E-state index contributed by atoms with van der Waals surface area (Å²) in [4.78, 5) is 27.0. The second-order valence-electron chi connectivity index (χ2n) is 8.03. The molecular weight excluding hydrogens is 421 g/mol. The topological polar surface area (TPSA) is 117 Å². The van der Waals surface area contributed by atoms with Gasteiger partial charge >= 0.3 is 5.97 Å². The number of phenols is 1. The molecule has 0 amide bonds. The zero-order valence-corrected chi connectivity index (χ0v) is 18.0. The number of carbonyl (C=O) groups excluding carboxylic acids is 2. The van der Waals surface area contributed by atoms with Crippen molar-refractivity contribution in [2.75, 3.05) is 31.2 Å². The SMILES string of the molecule is CC1OC(=O)c2c(O)cc(N3CCOCC3)cc2/C=C/CC(O)C(O)C(=O)/C(F)=C\[C@H]1C. The van der Waals surface area contributed by atoms with Crippen LogP contribution in [0.1, 0.15) is 36.2 Å². The number of esters is 1. The van der Waals surface area contributed by atoms with Crippen molar-refractivity contribution < 1.29 is 38.8 Å². The van der Waals surface area contributed by atoms with Crippen LogP contribution in [0.25, 0.3) is 6.08 Å². The van der Waals surface area contributed by atoms with E-state index < -0.39 is 41.8 Å². The van der Waals surface area contributed by atoms with Gasteiger partial charge in [0.05, 0.1) is 19.3 Å². The maximum absolute atomic E-state index is 14.2. The molecule has 2 aliphatic heterocycles. The Morgan fingerprint density at radius 3 is 2.50 bits per heavy atom. The number of morpholine rings is 1. The lowest BCUT2D eigenvalue weighted by Gasteiger charge is -2.29. The van der Waals surface area contributed by atoms with E-state index in [0.29, 0.717) is 37.6 Å². The minimum Gasteiger partial charge on any atom is -0.507 e. The number of ketones is 1. The lowest BCUT2D eigenvalue weighted by atomic mass is 9.98. The Kier molecular flexibility index (Phi) is 7.65. The monoisotopic (exact) mass is 449 g/mol. The number of aliphatic hydroxyl groups is 2. The van der Waals surface area contributed by atoms with Gasteiger partial charge in [0.15, 0.2) is 5.83 Å². The van der Waals surface area contributed by atoms with Crippen molar-refractivity contribution in [1.29, 1.82) is 0 Å². The summed E-state index contributed by atoms with van der Waals surface area (Å²) >= 11 is 0. The van der Waals surface area contributed by atoms with E-state index in [1.807, 2.05) is 4.90 Å². The van der Waals surface area contributed by atoms with E-state index >= 15 is 0 Å². The highest BCUT2D eigenvalue weighted by Gasteiger charge is 2.29. The molecule has 1 aromatic rings. The Balaban J connectivity index is 2.03. The van der Waals surface area contributed by atoms with E-state index in [1.165, 1.54) is 25.1 Å². The maximum Gasteiger partial charge on any atom is 0.342 e. The summed E-state index contributed by atoms with van der Waals surface area (Å²) in [7, 11) is 0. The van der Waals surface area contributed by atoms with E-state index in [2.05, 4.69) is 0 Å². The zero-order valence-electron chi connectivity index (χ0n) is 18.0. The number of hydrogen-bond acceptors (Lipinski definition) is 8. The molecule has 0 aliphatic carbocycles. The van der Waals surface area contributed by atoms with Crippen LogP contribution in [0, 0.1) is 5.92 Å². The molecule has 1 saturated heterocycles. The minimum absolute atomic E-state index is 0.0649. The number of nitrogens with zero attached hydrogens (tertiary/aromatic N) is 1. The van der Waals surface area contributed by atoms with Crippen LogP contribution < -0.4 is 4.90 Å². The van der Waals surface area contributed by atoms with Crippen molar-refractivity contribution in [3.8, 4) is 5.75 Å². The largest absolute Gasteiger partial charge is 0.507 e. The number of carbonyl (C=O) groups is 2. The molecule has 3 rings (SSSR count). The van der Waals surface area contributed by atoms with Gasteiger partial charge in [0.1, 0.15) is 23.5 Å². The number of halogens is 1. The number of rotatable bonds is 1. The summed E-state index contributed by atoms with van der Waals surface area (Å²) in [5.74, 6) is -4.23. The highest BCUT2D eigenvalue weighted by atomic mass is 19.1. The Morgan fingerprint density at radius 2 is 1.81 bits per heavy atom. The Morgan fingerprint density at radius 1 is 1.12 bits per heavy atom. The average molecular weight is 449 g/mol. The number of cyclic esters (lactones) is 1. The fourth-order valence-corrected chi connectivity index (χ4v) is 3.55. The second-order valence-corrected chi connectivity index (χ2v) is 8.03. The van der Waals surface area contributed by atoms with Gasteiger partial charge in [-0.05, 0) is 31.1 Å². The standard InChI is InChI=1S/C23H28FNO7/c1-13-10-17(24)21(28)22(29)18(26)5-3-4-15-11-16(25-6-8-31-9-7-25)12-19(27)20(15)23(30)32-14(13)2/h3-4,10-14,18,22,26-27,29H,5-9H2,1-2H3/b4-3+,17-10+/t13-,14?,18?,22?/m1/s1. The third kappa shape index (κ3) is 5.35. The molecule has 2 aliphatic rings. The van der Waals surface area contributed by atoms with Crippen LogP contribution in [-0.2, 0) is 14.3 Å². The van der Waals surface area contributed by atoms with Gasteiger partial charge in [-0.3, -0.25) is 4.79 Å². The molecule has 9 heteroatoms. The van der Waals surface area contributed by atoms with E-state index in [9.17, 15) is 29.3 Å². The highest BCUT2D eigenvalue weighted by molar-refractivity contribution is 5.98. The van der Waals surface area contributed by atoms with Gasteiger partial charge in [-0.25, -0.2) is 9.18 Å². The highest BCUT2D eigenvalue weighted by Crippen LogP contribution is 2.32. The lowest BCUT2D eigenvalue weighted by Crippen LogP contribution is -2.36. The number of Topliss-reactive ketones (excluding diaryl/α,β-unsaturated/α-hetero) is 1. The number of fused-ring (bicyclic) bond motifs is 1. The molecule has 0 spiro atoms. The van der Waals surface area contributed by atoms with Gasteiger partial charge in [0, 0.05) is 30.8 Å². The molecule has 1 fully saturated rings. The Bertz CT molecular complexity index is 923. The van der Waals surface area contributed by atoms with E-state index in [4.69, 9.17) is 9.47 Å². The molecule has 3 N–H and O–H groups in total. The number of anilines is 1. The molecule has 0 aromatic heterocycles. The average Bonchev–Trinajstić information content (AvgIpc) is 2.77. The number of aliphatic hydroxyl groups excluding tert-OH is 2. The lowest BCUT2D eigenvalue weighted by molar-refractivity contribution is -0.130. The predicted octanol–water partition coefficient (Wildman–Crippen LogP) is 1.97. The molecule has 0 saturated carbocycles. The van der Waals surface area contributed by atoms with Crippen LogP contribution in [0.5, 0.6) is 5.75 Å².